The minimum absolute atomic E-state index is 0.243. The Morgan fingerprint density at radius 2 is 1.97 bits per heavy atom. The van der Waals surface area contributed by atoms with Crippen LogP contribution in [0.25, 0.3) is 16.7 Å². The van der Waals surface area contributed by atoms with Gasteiger partial charge < -0.3 is 9.64 Å². The fourth-order valence-corrected chi connectivity index (χ4v) is 6.08. The van der Waals surface area contributed by atoms with E-state index in [1.54, 1.807) is 6.33 Å². The van der Waals surface area contributed by atoms with Gasteiger partial charge in [0.1, 0.15) is 12.1 Å². The van der Waals surface area contributed by atoms with Gasteiger partial charge >= 0.3 is 0 Å². The Bertz CT molecular complexity index is 1290. The van der Waals surface area contributed by atoms with E-state index < -0.39 is 0 Å². The van der Waals surface area contributed by atoms with E-state index in [9.17, 15) is 5.26 Å². The van der Waals surface area contributed by atoms with Crippen LogP contribution < -0.4 is 4.90 Å². The van der Waals surface area contributed by atoms with Crippen LogP contribution in [0.5, 0.6) is 0 Å². The first kappa shape index (κ1) is 19.4. The van der Waals surface area contributed by atoms with Crippen molar-refractivity contribution in [3.05, 3.63) is 42.4 Å². The molecule has 33 heavy (non-hydrogen) atoms. The van der Waals surface area contributed by atoms with Gasteiger partial charge in [0, 0.05) is 37.1 Å². The third-order valence-corrected chi connectivity index (χ3v) is 8.44. The lowest BCUT2D eigenvalue weighted by atomic mass is 9.93. The predicted molar refractivity (Wildman–Crippen MR) is 123 cm³/mol. The third-order valence-electron chi connectivity index (χ3n) is 8.44. The van der Waals surface area contributed by atoms with Gasteiger partial charge in [-0.05, 0) is 43.2 Å². The number of fused-ring (bicyclic) bond motifs is 1. The highest BCUT2D eigenvalue weighted by molar-refractivity contribution is 5.82. The van der Waals surface area contributed by atoms with Crippen LogP contribution >= 0.6 is 0 Å². The van der Waals surface area contributed by atoms with Gasteiger partial charge in [0.25, 0.3) is 0 Å². The topological polar surface area (TPSA) is 83.1 Å². The molecule has 2 aliphatic heterocycles. The zero-order chi connectivity index (χ0) is 22.2. The van der Waals surface area contributed by atoms with Crippen molar-refractivity contribution in [2.75, 3.05) is 37.7 Å². The third kappa shape index (κ3) is 2.79. The minimum Gasteiger partial charge on any atom is -0.378 e. The summed E-state index contributed by atoms with van der Waals surface area (Å²) in [5.41, 5.74) is 2.05. The summed E-state index contributed by atoms with van der Waals surface area (Å²) in [5, 5.41) is 15.7. The molecule has 1 spiro atoms. The van der Waals surface area contributed by atoms with Gasteiger partial charge in [0.15, 0.2) is 5.82 Å². The van der Waals surface area contributed by atoms with Crippen LogP contribution in [0.15, 0.2) is 36.8 Å². The quantitative estimate of drug-likeness (QED) is 0.616. The summed E-state index contributed by atoms with van der Waals surface area (Å²) in [6.07, 6.45) is 6.85. The Labute approximate surface area is 192 Å². The standard InChI is InChI=1S/C25H27N7O/c1-17-11-30(6-7-31(17)20-12-33-13-20)22-9-23(28-16-27-22)32-21-8-19(3-2-18(21)10-29-32)25(15-26)14-24(25)4-5-24/h2-3,8-10,16-17,20H,4-7,11-14H2,1H3/t17-,25?/m0/s1. The number of ether oxygens (including phenoxy) is 1. The van der Waals surface area contributed by atoms with Gasteiger partial charge in [-0.1, -0.05) is 12.1 Å². The average Bonchev–Trinajstić information content (AvgIpc) is 3.68. The van der Waals surface area contributed by atoms with Crippen molar-refractivity contribution < 1.29 is 4.74 Å². The Hall–Kier alpha value is -3.02. The molecule has 7 rings (SSSR count). The lowest BCUT2D eigenvalue weighted by Crippen LogP contribution is -2.60. The molecule has 0 radical (unpaired) electrons. The Morgan fingerprint density at radius 3 is 2.67 bits per heavy atom. The molecule has 4 aliphatic rings. The van der Waals surface area contributed by atoms with E-state index in [-0.39, 0.29) is 10.8 Å². The number of anilines is 1. The zero-order valence-electron chi connectivity index (χ0n) is 18.8. The minimum atomic E-state index is -0.311. The van der Waals surface area contributed by atoms with Crippen LogP contribution in [-0.2, 0) is 10.2 Å². The van der Waals surface area contributed by atoms with Crippen molar-refractivity contribution in [3.63, 3.8) is 0 Å². The van der Waals surface area contributed by atoms with E-state index in [4.69, 9.17) is 4.74 Å². The van der Waals surface area contributed by atoms with E-state index in [2.05, 4.69) is 56.1 Å². The molecule has 2 atom stereocenters. The molecule has 2 aliphatic carbocycles. The molecule has 3 aromatic rings. The monoisotopic (exact) mass is 441 g/mol. The highest BCUT2D eigenvalue weighted by atomic mass is 16.5. The number of nitriles is 1. The van der Waals surface area contributed by atoms with Crippen molar-refractivity contribution in [1.29, 1.82) is 5.26 Å². The Balaban J connectivity index is 1.19. The van der Waals surface area contributed by atoms with Gasteiger partial charge in [-0.3, -0.25) is 4.90 Å². The summed E-state index contributed by atoms with van der Waals surface area (Å²) < 4.78 is 7.28. The molecule has 4 fully saturated rings. The largest absolute Gasteiger partial charge is 0.378 e. The smallest absolute Gasteiger partial charge is 0.159 e. The molecule has 0 N–H and O–H groups in total. The predicted octanol–water partition coefficient (Wildman–Crippen LogP) is 2.67. The molecule has 2 aromatic heterocycles. The van der Waals surface area contributed by atoms with Crippen LogP contribution in [-0.4, -0.2) is 69.6 Å². The number of aromatic nitrogens is 4. The van der Waals surface area contributed by atoms with Crippen LogP contribution in [0.3, 0.4) is 0 Å². The summed E-state index contributed by atoms with van der Waals surface area (Å²) in [5.74, 6) is 1.70. The molecule has 8 heteroatoms. The first-order valence-electron chi connectivity index (χ1n) is 11.9. The maximum atomic E-state index is 9.96. The lowest BCUT2D eigenvalue weighted by molar-refractivity contribution is -0.0793. The normalized spacial score (nSPS) is 28.6. The number of piperazine rings is 1. The van der Waals surface area contributed by atoms with Crippen LogP contribution in [0.2, 0.25) is 0 Å². The molecular weight excluding hydrogens is 414 g/mol. The molecule has 0 bridgehead atoms. The summed E-state index contributed by atoms with van der Waals surface area (Å²) >= 11 is 0. The van der Waals surface area contributed by atoms with E-state index in [0.29, 0.717) is 12.1 Å². The number of hydrogen-bond donors (Lipinski definition) is 0. The molecule has 4 heterocycles. The van der Waals surface area contributed by atoms with E-state index in [1.807, 2.05) is 16.9 Å². The number of nitrogens with zero attached hydrogens (tertiary/aromatic N) is 7. The fraction of sp³-hybridized carbons (Fsp3) is 0.520. The van der Waals surface area contributed by atoms with Crippen molar-refractivity contribution in [3.8, 4) is 11.9 Å². The molecule has 1 aromatic carbocycles. The first-order chi connectivity index (χ1) is 16.1. The molecule has 2 saturated carbocycles. The number of hydrogen-bond acceptors (Lipinski definition) is 7. The summed E-state index contributed by atoms with van der Waals surface area (Å²) in [7, 11) is 0. The Kier molecular flexibility index (Phi) is 3.98. The van der Waals surface area contributed by atoms with Crippen molar-refractivity contribution in [2.45, 2.75) is 43.7 Å². The number of benzene rings is 1. The number of rotatable bonds is 4. The summed E-state index contributed by atoms with van der Waals surface area (Å²) in [6, 6.07) is 12.1. The van der Waals surface area contributed by atoms with Gasteiger partial charge in [-0.25, -0.2) is 14.6 Å². The highest BCUT2D eigenvalue weighted by Crippen LogP contribution is 2.78. The van der Waals surface area contributed by atoms with Crippen LogP contribution in [0.4, 0.5) is 5.82 Å². The molecule has 8 nitrogen and oxygen atoms in total. The summed E-state index contributed by atoms with van der Waals surface area (Å²) in [4.78, 5) is 14.0. The van der Waals surface area contributed by atoms with E-state index in [0.717, 1.165) is 67.4 Å². The van der Waals surface area contributed by atoms with Crippen molar-refractivity contribution in [1.82, 2.24) is 24.6 Å². The van der Waals surface area contributed by atoms with E-state index >= 15 is 0 Å². The van der Waals surface area contributed by atoms with Gasteiger partial charge in [0.05, 0.1) is 42.5 Å². The maximum absolute atomic E-state index is 9.96. The second kappa shape index (κ2) is 6.75. The van der Waals surface area contributed by atoms with Crippen molar-refractivity contribution in [2.24, 2.45) is 5.41 Å². The first-order valence-corrected chi connectivity index (χ1v) is 11.9. The van der Waals surface area contributed by atoms with Crippen LogP contribution in [0, 0.1) is 16.7 Å². The molecule has 168 valence electrons. The second-order valence-corrected chi connectivity index (χ2v) is 10.3. The maximum Gasteiger partial charge on any atom is 0.159 e. The van der Waals surface area contributed by atoms with Crippen molar-refractivity contribution >= 4 is 16.7 Å². The molecular formula is C25H27N7O. The fourth-order valence-electron chi connectivity index (χ4n) is 6.08. The van der Waals surface area contributed by atoms with Gasteiger partial charge in [-0.15, -0.1) is 0 Å². The molecule has 2 saturated heterocycles. The zero-order valence-corrected chi connectivity index (χ0v) is 18.8. The second-order valence-electron chi connectivity index (χ2n) is 10.3. The van der Waals surface area contributed by atoms with Gasteiger partial charge in [0.2, 0.25) is 0 Å². The summed E-state index contributed by atoms with van der Waals surface area (Å²) in [6.45, 7) is 6.87. The molecule has 0 amide bonds. The molecule has 1 unspecified atom stereocenters. The van der Waals surface area contributed by atoms with E-state index in [1.165, 1.54) is 12.8 Å². The lowest BCUT2D eigenvalue weighted by Gasteiger charge is -2.46. The highest BCUT2D eigenvalue weighted by Gasteiger charge is 2.75. The SMILES string of the molecule is C[C@H]1CN(c2cc(-n3ncc4ccc(C5(C#N)CC56CC6)cc43)ncn2)CCN1C1COC1. The van der Waals surface area contributed by atoms with Crippen LogP contribution in [0.1, 0.15) is 31.7 Å². The van der Waals surface area contributed by atoms with Gasteiger partial charge in [-0.2, -0.15) is 10.4 Å². The average molecular weight is 442 g/mol. The Morgan fingerprint density at radius 1 is 1.12 bits per heavy atom.